The zero-order valence-corrected chi connectivity index (χ0v) is 12.2. The van der Waals surface area contributed by atoms with Gasteiger partial charge in [-0.2, -0.15) is 0 Å². The van der Waals surface area contributed by atoms with E-state index in [2.05, 4.69) is 26.6 Å². The van der Waals surface area contributed by atoms with Crippen molar-refractivity contribution in [1.82, 2.24) is 10.6 Å². The summed E-state index contributed by atoms with van der Waals surface area (Å²) in [4.78, 5) is 11.8. The maximum absolute atomic E-state index is 11.8. The Morgan fingerprint density at radius 3 is 2.50 bits per heavy atom. The van der Waals surface area contributed by atoms with Crippen LogP contribution in [0.5, 0.6) is 0 Å². The summed E-state index contributed by atoms with van der Waals surface area (Å²) in [6.45, 7) is 2.00. The largest absolute Gasteiger partial charge is 0.335 e. The molecule has 4 heteroatoms. The summed E-state index contributed by atoms with van der Waals surface area (Å²) in [6, 6.07) is 8.35. The van der Waals surface area contributed by atoms with Gasteiger partial charge >= 0.3 is 6.03 Å². The van der Waals surface area contributed by atoms with Crippen molar-refractivity contribution in [1.29, 1.82) is 0 Å². The third kappa shape index (κ3) is 3.73. The van der Waals surface area contributed by atoms with Crippen LogP contribution in [0.2, 0.25) is 0 Å². The number of rotatable bonds is 3. The number of amides is 2. The molecule has 1 aromatic carbocycles. The number of benzene rings is 1. The first-order chi connectivity index (χ1) is 8.65. The first kappa shape index (κ1) is 13.4. The summed E-state index contributed by atoms with van der Waals surface area (Å²) >= 11 is 3.40. The number of urea groups is 1. The van der Waals surface area contributed by atoms with E-state index in [-0.39, 0.29) is 12.1 Å². The smallest absolute Gasteiger partial charge is 0.315 e. The Morgan fingerprint density at radius 2 is 1.89 bits per heavy atom. The van der Waals surface area contributed by atoms with Crippen LogP contribution in [0.25, 0.3) is 0 Å². The molecular formula is C14H19BrN2O. The van der Waals surface area contributed by atoms with Gasteiger partial charge in [-0.1, -0.05) is 40.9 Å². The van der Waals surface area contributed by atoms with E-state index < -0.39 is 0 Å². The number of carbonyl (C=O) groups is 1. The first-order valence-electron chi connectivity index (χ1n) is 6.47. The van der Waals surface area contributed by atoms with Gasteiger partial charge in [-0.15, -0.1) is 0 Å². The number of halogens is 1. The minimum absolute atomic E-state index is 0.0273. The summed E-state index contributed by atoms with van der Waals surface area (Å²) in [5.41, 5.74) is 1.11. The first-order valence-corrected chi connectivity index (χ1v) is 7.27. The summed E-state index contributed by atoms with van der Waals surface area (Å²) in [5, 5.41) is 6.01. The fraction of sp³-hybridized carbons (Fsp3) is 0.500. The van der Waals surface area contributed by atoms with Crippen LogP contribution >= 0.6 is 15.9 Å². The van der Waals surface area contributed by atoms with Gasteiger partial charge < -0.3 is 10.6 Å². The van der Waals surface area contributed by atoms with Crippen LogP contribution < -0.4 is 10.6 Å². The molecular weight excluding hydrogens is 292 g/mol. The molecule has 2 amide bonds. The molecule has 1 fully saturated rings. The second-order valence-electron chi connectivity index (χ2n) is 4.87. The topological polar surface area (TPSA) is 41.1 Å². The highest BCUT2D eigenvalue weighted by atomic mass is 79.9. The van der Waals surface area contributed by atoms with Gasteiger partial charge in [0, 0.05) is 10.5 Å². The predicted octanol–water partition coefficient (Wildman–Crippen LogP) is 3.75. The highest BCUT2D eigenvalue weighted by molar-refractivity contribution is 9.10. The fourth-order valence-corrected chi connectivity index (χ4v) is 2.59. The van der Waals surface area contributed by atoms with Crippen molar-refractivity contribution >= 4 is 22.0 Å². The standard InChI is InChI=1S/C14H19BrN2O/c1-10(11-6-8-12(15)9-7-11)16-14(18)17-13-4-2-3-5-13/h6-10,13H,2-5H2,1H3,(H2,16,17,18). The lowest BCUT2D eigenvalue weighted by Crippen LogP contribution is -2.41. The zero-order chi connectivity index (χ0) is 13.0. The lowest BCUT2D eigenvalue weighted by atomic mass is 10.1. The molecule has 1 aliphatic carbocycles. The van der Waals surface area contributed by atoms with E-state index in [0.717, 1.165) is 22.9 Å². The third-order valence-electron chi connectivity index (χ3n) is 3.41. The van der Waals surface area contributed by atoms with Gasteiger partial charge in [0.2, 0.25) is 0 Å². The molecule has 98 valence electrons. The highest BCUT2D eigenvalue weighted by Crippen LogP contribution is 2.18. The Kier molecular flexibility index (Phi) is 4.64. The predicted molar refractivity (Wildman–Crippen MR) is 76.5 cm³/mol. The van der Waals surface area contributed by atoms with Gasteiger partial charge in [0.25, 0.3) is 0 Å². The molecule has 0 saturated heterocycles. The SMILES string of the molecule is CC(NC(=O)NC1CCCC1)c1ccc(Br)cc1. The molecule has 2 rings (SSSR count). The summed E-state index contributed by atoms with van der Waals surface area (Å²) in [7, 11) is 0. The van der Waals surface area contributed by atoms with Gasteiger partial charge in [-0.3, -0.25) is 0 Å². The van der Waals surface area contributed by atoms with Gasteiger partial charge in [0.05, 0.1) is 6.04 Å². The van der Waals surface area contributed by atoms with Crippen LogP contribution in [0, 0.1) is 0 Å². The molecule has 2 N–H and O–H groups in total. The quantitative estimate of drug-likeness (QED) is 0.877. The average Bonchev–Trinajstić information content (AvgIpc) is 2.82. The van der Waals surface area contributed by atoms with Gasteiger partial charge in [0.1, 0.15) is 0 Å². The van der Waals surface area contributed by atoms with Crippen LogP contribution in [0.1, 0.15) is 44.2 Å². The Hall–Kier alpha value is -1.03. The highest BCUT2D eigenvalue weighted by Gasteiger charge is 2.18. The lowest BCUT2D eigenvalue weighted by molar-refractivity contribution is 0.234. The van der Waals surface area contributed by atoms with E-state index in [9.17, 15) is 4.79 Å². The molecule has 0 aliphatic heterocycles. The molecule has 1 saturated carbocycles. The van der Waals surface area contributed by atoms with Crippen LogP contribution in [0.4, 0.5) is 4.79 Å². The fourth-order valence-electron chi connectivity index (χ4n) is 2.33. The average molecular weight is 311 g/mol. The van der Waals surface area contributed by atoms with E-state index >= 15 is 0 Å². The van der Waals surface area contributed by atoms with Crippen molar-refractivity contribution < 1.29 is 4.79 Å². The van der Waals surface area contributed by atoms with E-state index in [1.54, 1.807) is 0 Å². The van der Waals surface area contributed by atoms with Crippen LogP contribution in [0.15, 0.2) is 28.7 Å². The van der Waals surface area contributed by atoms with Crippen molar-refractivity contribution in [2.75, 3.05) is 0 Å². The van der Waals surface area contributed by atoms with Gasteiger partial charge in [-0.05, 0) is 37.5 Å². The zero-order valence-electron chi connectivity index (χ0n) is 10.6. The summed E-state index contributed by atoms with van der Waals surface area (Å²) in [5.74, 6) is 0. The van der Waals surface area contributed by atoms with E-state index in [1.807, 2.05) is 31.2 Å². The molecule has 1 unspecified atom stereocenters. The maximum atomic E-state index is 11.8. The van der Waals surface area contributed by atoms with Crippen LogP contribution in [-0.4, -0.2) is 12.1 Å². The number of carbonyl (C=O) groups excluding carboxylic acids is 1. The van der Waals surface area contributed by atoms with Crippen LogP contribution in [0.3, 0.4) is 0 Å². The number of hydrogen-bond donors (Lipinski definition) is 2. The molecule has 1 atom stereocenters. The summed E-state index contributed by atoms with van der Waals surface area (Å²) < 4.78 is 1.05. The third-order valence-corrected chi connectivity index (χ3v) is 3.94. The molecule has 3 nitrogen and oxygen atoms in total. The molecule has 0 heterocycles. The van der Waals surface area contributed by atoms with E-state index in [4.69, 9.17) is 0 Å². The normalized spacial score (nSPS) is 17.4. The molecule has 0 aromatic heterocycles. The molecule has 1 aromatic rings. The Bertz CT molecular complexity index is 399. The van der Waals surface area contributed by atoms with Crippen LogP contribution in [-0.2, 0) is 0 Å². The molecule has 0 spiro atoms. The molecule has 18 heavy (non-hydrogen) atoms. The van der Waals surface area contributed by atoms with E-state index in [1.165, 1.54) is 12.8 Å². The van der Waals surface area contributed by atoms with Gasteiger partial charge in [-0.25, -0.2) is 4.79 Å². The molecule has 1 aliphatic rings. The van der Waals surface area contributed by atoms with Gasteiger partial charge in [0.15, 0.2) is 0 Å². The molecule has 0 bridgehead atoms. The number of hydrogen-bond acceptors (Lipinski definition) is 1. The van der Waals surface area contributed by atoms with Crippen molar-refractivity contribution in [2.24, 2.45) is 0 Å². The Labute approximate surface area is 116 Å². The Morgan fingerprint density at radius 1 is 1.28 bits per heavy atom. The second-order valence-corrected chi connectivity index (χ2v) is 5.79. The van der Waals surface area contributed by atoms with E-state index in [0.29, 0.717) is 6.04 Å². The van der Waals surface area contributed by atoms with Crippen molar-refractivity contribution in [2.45, 2.75) is 44.7 Å². The second kappa shape index (κ2) is 6.23. The van der Waals surface area contributed by atoms with Crippen molar-refractivity contribution in [3.8, 4) is 0 Å². The minimum atomic E-state index is -0.0580. The molecule has 0 radical (unpaired) electrons. The monoisotopic (exact) mass is 310 g/mol. The lowest BCUT2D eigenvalue weighted by Gasteiger charge is -2.18. The minimum Gasteiger partial charge on any atom is -0.335 e. The van der Waals surface area contributed by atoms with Crippen molar-refractivity contribution in [3.63, 3.8) is 0 Å². The number of nitrogens with one attached hydrogen (secondary N) is 2. The maximum Gasteiger partial charge on any atom is 0.315 e. The summed E-state index contributed by atoms with van der Waals surface area (Å²) in [6.07, 6.45) is 4.68. The Balaban J connectivity index is 1.84. The van der Waals surface area contributed by atoms with Crippen molar-refractivity contribution in [3.05, 3.63) is 34.3 Å².